The predicted octanol–water partition coefficient (Wildman–Crippen LogP) is 2.64. The molecular formula is C17H23N3. The van der Waals surface area contributed by atoms with Gasteiger partial charge >= 0.3 is 0 Å². The maximum absolute atomic E-state index is 4.91. The molecule has 0 radical (unpaired) electrons. The Hall–Kier alpha value is -1.45. The minimum absolute atomic E-state index is 0.940. The Morgan fingerprint density at radius 3 is 3.00 bits per heavy atom. The second kappa shape index (κ2) is 5.51. The zero-order valence-electron chi connectivity index (χ0n) is 12.7. The summed E-state index contributed by atoms with van der Waals surface area (Å²) in [6.07, 6.45) is 1.06. The molecule has 20 heavy (non-hydrogen) atoms. The smallest absolute Gasteiger partial charge is 0.0708 e. The van der Waals surface area contributed by atoms with Crippen LogP contribution in [0.4, 0.5) is 0 Å². The zero-order valence-corrected chi connectivity index (χ0v) is 12.7. The van der Waals surface area contributed by atoms with Gasteiger partial charge in [0.25, 0.3) is 0 Å². The second-order valence-corrected chi connectivity index (χ2v) is 5.80. The highest BCUT2D eigenvalue weighted by molar-refractivity contribution is 5.84. The molecule has 0 aliphatic carbocycles. The van der Waals surface area contributed by atoms with Gasteiger partial charge in [0.1, 0.15) is 0 Å². The highest BCUT2D eigenvalue weighted by atomic mass is 15.1. The highest BCUT2D eigenvalue weighted by Gasteiger charge is 2.20. The van der Waals surface area contributed by atoms with Gasteiger partial charge in [-0.15, -0.1) is 0 Å². The van der Waals surface area contributed by atoms with Crippen molar-refractivity contribution in [2.75, 3.05) is 20.1 Å². The molecule has 3 heteroatoms. The summed E-state index contributed by atoms with van der Waals surface area (Å²) >= 11 is 0. The lowest BCUT2D eigenvalue weighted by Crippen LogP contribution is -2.29. The minimum Gasteiger partial charge on any atom is -0.313 e. The number of hydrogen-bond donors (Lipinski definition) is 1. The fourth-order valence-corrected chi connectivity index (χ4v) is 3.03. The van der Waals surface area contributed by atoms with Crippen LogP contribution in [0.15, 0.2) is 18.2 Å². The average Bonchev–Trinajstić information content (AvgIpc) is 2.44. The lowest BCUT2D eigenvalue weighted by Gasteiger charge is -2.27. The van der Waals surface area contributed by atoms with Gasteiger partial charge in [-0.2, -0.15) is 0 Å². The Kier molecular flexibility index (Phi) is 3.72. The molecule has 3 rings (SSSR count). The van der Waals surface area contributed by atoms with Crippen molar-refractivity contribution in [3.63, 3.8) is 0 Å². The summed E-state index contributed by atoms with van der Waals surface area (Å²) in [5.74, 6) is 0. The summed E-state index contributed by atoms with van der Waals surface area (Å²) in [5, 5.41) is 4.81. The summed E-state index contributed by atoms with van der Waals surface area (Å²) < 4.78 is 0. The fraction of sp³-hybridized carbons (Fsp3) is 0.471. The quantitative estimate of drug-likeness (QED) is 0.928. The van der Waals surface area contributed by atoms with Crippen LogP contribution in [0, 0.1) is 6.92 Å². The molecule has 1 aliphatic rings. The Morgan fingerprint density at radius 2 is 2.20 bits per heavy atom. The maximum Gasteiger partial charge on any atom is 0.0708 e. The molecule has 2 heterocycles. The number of benzene rings is 1. The summed E-state index contributed by atoms with van der Waals surface area (Å²) in [7, 11) is 2.19. The van der Waals surface area contributed by atoms with E-state index in [1.165, 1.54) is 27.8 Å². The summed E-state index contributed by atoms with van der Waals surface area (Å²) in [6.45, 7) is 8.38. The number of nitrogens with zero attached hydrogens (tertiary/aromatic N) is 2. The van der Waals surface area contributed by atoms with Crippen LogP contribution in [-0.2, 0) is 19.5 Å². The number of nitrogens with one attached hydrogen (secondary N) is 1. The van der Waals surface area contributed by atoms with Crippen LogP contribution in [-0.4, -0.2) is 30.0 Å². The average molecular weight is 269 g/mol. The van der Waals surface area contributed by atoms with Crippen molar-refractivity contribution in [1.82, 2.24) is 15.2 Å². The van der Waals surface area contributed by atoms with Gasteiger partial charge in [-0.05, 0) is 43.8 Å². The van der Waals surface area contributed by atoms with E-state index in [1.54, 1.807) is 0 Å². The molecule has 1 N–H and O–H groups in total. The van der Waals surface area contributed by atoms with E-state index in [9.17, 15) is 0 Å². The summed E-state index contributed by atoms with van der Waals surface area (Å²) in [4.78, 5) is 7.30. The zero-order chi connectivity index (χ0) is 14.1. The molecule has 0 spiro atoms. The van der Waals surface area contributed by atoms with Crippen LogP contribution in [0.3, 0.4) is 0 Å². The number of aryl methyl sites for hydroxylation is 1. The van der Waals surface area contributed by atoms with Gasteiger partial charge < -0.3 is 10.2 Å². The molecular weight excluding hydrogens is 246 g/mol. The largest absolute Gasteiger partial charge is 0.313 e. The van der Waals surface area contributed by atoms with Gasteiger partial charge in [0, 0.05) is 37.1 Å². The molecule has 106 valence electrons. The van der Waals surface area contributed by atoms with Gasteiger partial charge in [-0.3, -0.25) is 4.98 Å². The first kappa shape index (κ1) is 13.5. The van der Waals surface area contributed by atoms with E-state index < -0.39 is 0 Å². The van der Waals surface area contributed by atoms with E-state index in [0.717, 1.165) is 38.1 Å². The molecule has 0 amide bonds. The Labute approximate surface area is 121 Å². The van der Waals surface area contributed by atoms with Crippen LogP contribution in [0.1, 0.15) is 29.3 Å². The van der Waals surface area contributed by atoms with Gasteiger partial charge in [0.05, 0.1) is 5.52 Å². The first-order valence-corrected chi connectivity index (χ1v) is 7.49. The van der Waals surface area contributed by atoms with E-state index in [4.69, 9.17) is 4.98 Å². The molecule has 0 atom stereocenters. The molecule has 3 nitrogen and oxygen atoms in total. The standard InChI is InChI=1S/C17H23N3/c1-4-18-10-14-13-9-12(2)5-6-16(13)19-17-7-8-20(3)11-15(14)17/h5-6,9,18H,4,7-8,10-11H2,1-3H3. The number of pyridine rings is 1. The molecule has 0 fully saturated rings. The van der Waals surface area contributed by atoms with Gasteiger partial charge in [-0.25, -0.2) is 0 Å². The van der Waals surface area contributed by atoms with Gasteiger partial charge in [0.15, 0.2) is 0 Å². The van der Waals surface area contributed by atoms with Crippen LogP contribution >= 0.6 is 0 Å². The molecule has 0 saturated heterocycles. The van der Waals surface area contributed by atoms with Crippen molar-refractivity contribution in [1.29, 1.82) is 0 Å². The van der Waals surface area contributed by atoms with Gasteiger partial charge in [-0.1, -0.05) is 18.6 Å². The number of rotatable bonds is 3. The third-order valence-corrected chi connectivity index (χ3v) is 4.16. The lowest BCUT2D eigenvalue weighted by atomic mass is 9.95. The third kappa shape index (κ3) is 2.43. The fourth-order valence-electron chi connectivity index (χ4n) is 3.03. The predicted molar refractivity (Wildman–Crippen MR) is 83.9 cm³/mol. The minimum atomic E-state index is 0.940. The van der Waals surface area contributed by atoms with Gasteiger partial charge in [0.2, 0.25) is 0 Å². The van der Waals surface area contributed by atoms with Crippen LogP contribution < -0.4 is 5.32 Å². The number of likely N-dealkylation sites (N-methyl/N-ethyl adjacent to an activating group) is 1. The number of fused-ring (bicyclic) bond motifs is 2. The first-order chi connectivity index (χ1) is 9.69. The molecule has 0 saturated carbocycles. The Bertz CT molecular complexity index is 634. The van der Waals surface area contributed by atoms with Crippen molar-refractivity contribution in [3.8, 4) is 0 Å². The highest BCUT2D eigenvalue weighted by Crippen LogP contribution is 2.28. The summed E-state index contributed by atoms with van der Waals surface area (Å²) in [6, 6.07) is 6.61. The lowest BCUT2D eigenvalue weighted by molar-refractivity contribution is 0.309. The topological polar surface area (TPSA) is 28.2 Å². The summed E-state index contributed by atoms with van der Waals surface area (Å²) in [5.41, 5.74) is 6.64. The third-order valence-electron chi connectivity index (χ3n) is 4.16. The van der Waals surface area contributed by atoms with Crippen molar-refractivity contribution < 1.29 is 0 Å². The molecule has 1 aromatic carbocycles. The number of aromatic nitrogens is 1. The monoisotopic (exact) mass is 269 g/mol. The van der Waals surface area contributed by atoms with Crippen molar-refractivity contribution >= 4 is 10.9 Å². The first-order valence-electron chi connectivity index (χ1n) is 7.49. The maximum atomic E-state index is 4.91. The molecule has 0 unspecified atom stereocenters. The Morgan fingerprint density at radius 1 is 1.35 bits per heavy atom. The van der Waals surface area contributed by atoms with E-state index in [1.807, 2.05) is 0 Å². The van der Waals surface area contributed by atoms with Crippen molar-refractivity contribution in [3.05, 3.63) is 40.6 Å². The van der Waals surface area contributed by atoms with E-state index in [-0.39, 0.29) is 0 Å². The second-order valence-electron chi connectivity index (χ2n) is 5.80. The SMILES string of the molecule is CCNCc1c2c(nc3ccc(C)cc13)CCN(C)C2. The van der Waals surface area contributed by atoms with E-state index >= 15 is 0 Å². The van der Waals surface area contributed by atoms with Crippen LogP contribution in [0.2, 0.25) is 0 Å². The van der Waals surface area contributed by atoms with Crippen LogP contribution in [0.5, 0.6) is 0 Å². The van der Waals surface area contributed by atoms with Crippen LogP contribution in [0.25, 0.3) is 10.9 Å². The normalized spacial score (nSPS) is 15.6. The molecule has 1 aliphatic heterocycles. The molecule has 1 aromatic heterocycles. The van der Waals surface area contributed by atoms with Crippen molar-refractivity contribution in [2.45, 2.75) is 33.4 Å². The van der Waals surface area contributed by atoms with E-state index in [0.29, 0.717) is 0 Å². The Balaban J connectivity index is 2.20. The molecule has 0 bridgehead atoms. The molecule has 2 aromatic rings. The van der Waals surface area contributed by atoms with E-state index in [2.05, 4.69) is 49.3 Å². The number of hydrogen-bond acceptors (Lipinski definition) is 3. The van der Waals surface area contributed by atoms with Crippen molar-refractivity contribution in [2.24, 2.45) is 0 Å².